The molecular weight excluding hydrogens is 222 g/mol. The predicted molar refractivity (Wildman–Crippen MR) is 66.8 cm³/mol. The van der Waals surface area contributed by atoms with Crippen LogP contribution < -0.4 is 5.73 Å². The van der Waals surface area contributed by atoms with Gasteiger partial charge < -0.3 is 10.5 Å². The minimum atomic E-state index is -0.821. The highest BCUT2D eigenvalue weighted by atomic mass is 32.2. The van der Waals surface area contributed by atoms with Crippen molar-refractivity contribution < 1.29 is 8.95 Å². The number of ether oxygens (including phenoxy) is 1. The quantitative estimate of drug-likeness (QED) is 0.818. The summed E-state index contributed by atoms with van der Waals surface area (Å²) in [5.41, 5.74) is 5.70. The lowest BCUT2D eigenvalue weighted by Gasteiger charge is -2.24. The van der Waals surface area contributed by atoms with Gasteiger partial charge in [-0.05, 0) is 32.6 Å². The molecule has 94 valence electrons. The van der Waals surface area contributed by atoms with Crippen LogP contribution in [0.15, 0.2) is 0 Å². The minimum absolute atomic E-state index is 0.101. The molecule has 1 heterocycles. The van der Waals surface area contributed by atoms with Gasteiger partial charge >= 0.3 is 0 Å². The molecule has 1 aliphatic heterocycles. The number of nitrogens with two attached hydrogens (primary N) is 1. The van der Waals surface area contributed by atoms with Crippen molar-refractivity contribution in [3.8, 4) is 0 Å². The summed E-state index contributed by atoms with van der Waals surface area (Å²) in [5, 5.41) is 0.101. The van der Waals surface area contributed by atoms with Gasteiger partial charge in [0.15, 0.2) is 0 Å². The van der Waals surface area contributed by atoms with Gasteiger partial charge in [-0.2, -0.15) is 0 Å². The predicted octanol–water partition coefficient (Wildman–Crippen LogP) is 1.57. The van der Waals surface area contributed by atoms with Crippen LogP contribution in [0.2, 0.25) is 0 Å². The second kappa shape index (κ2) is 5.15. The standard InChI is InChI=1S/C12H23NO2S/c1-10(8-13)16(14)9-11-4-7-12(15-11)5-2-3-6-12/h10-11H,2-9,13H2,1H3. The van der Waals surface area contributed by atoms with Gasteiger partial charge in [0.2, 0.25) is 0 Å². The Morgan fingerprint density at radius 2 is 2.12 bits per heavy atom. The summed E-state index contributed by atoms with van der Waals surface area (Å²) in [6, 6.07) is 0. The van der Waals surface area contributed by atoms with Crippen LogP contribution in [0.3, 0.4) is 0 Å². The van der Waals surface area contributed by atoms with E-state index in [1.54, 1.807) is 0 Å². The normalized spacial score (nSPS) is 32.0. The Kier molecular flexibility index (Phi) is 4.03. The molecule has 1 spiro atoms. The molecule has 0 bridgehead atoms. The molecule has 1 aliphatic carbocycles. The highest BCUT2D eigenvalue weighted by Crippen LogP contribution is 2.43. The Morgan fingerprint density at radius 1 is 1.44 bits per heavy atom. The molecule has 2 rings (SSSR count). The Hall–Kier alpha value is 0.0700. The Balaban J connectivity index is 1.82. The van der Waals surface area contributed by atoms with Crippen LogP contribution in [-0.4, -0.2) is 33.5 Å². The molecule has 0 aromatic heterocycles. The summed E-state index contributed by atoms with van der Waals surface area (Å²) in [4.78, 5) is 0. The molecule has 0 amide bonds. The van der Waals surface area contributed by atoms with E-state index in [0.717, 1.165) is 6.42 Å². The fraction of sp³-hybridized carbons (Fsp3) is 1.00. The lowest BCUT2D eigenvalue weighted by atomic mass is 9.98. The van der Waals surface area contributed by atoms with Gasteiger partial charge in [0.1, 0.15) is 0 Å². The molecule has 1 saturated heterocycles. The molecule has 4 heteroatoms. The van der Waals surface area contributed by atoms with Crippen molar-refractivity contribution in [2.45, 2.75) is 62.4 Å². The zero-order chi connectivity index (χ0) is 11.6. The molecule has 3 nitrogen and oxygen atoms in total. The van der Waals surface area contributed by atoms with Gasteiger partial charge in [-0.3, -0.25) is 4.21 Å². The van der Waals surface area contributed by atoms with Gasteiger partial charge in [0.05, 0.1) is 17.5 Å². The topological polar surface area (TPSA) is 52.3 Å². The minimum Gasteiger partial charge on any atom is -0.371 e. The number of hydrogen-bond acceptors (Lipinski definition) is 3. The van der Waals surface area contributed by atoms with E-state index in [0.29, 0.717) is 12.3 Å². The first kappa shape index (κ1) is 12.5. The molecule has 2 fully saturated rings. The van der Waals surface area contributed by atoms with Crippen molar-refractivity contribution in [3.63, 3.8) is 0 Å². The van der Waals surface area contributed by atoms with E-state index in [-0.39, 0.29) is 17.0 Å². The summed E-state index contributed by atoms with van der Waals surface area (Å²) in [6.07, 6.45) is 7.50. The van der Waals surface area contributed by atoms with Gasteiger partial charge in [-0.25, -0.2) is 0 Å². The summed E-state index contributed by atoms with van der Waals surface area (Å²) >= 11 is 0. The lowest BCUT2D eigenvalue weighted by Crippen LogP contribution is -2.31. The molecule has 0 radical (unpaired) electrons. The molecule has 16 heavy (non-hydrogen) atoms. The molecule has 0 aromatic carbocycles. The first-order valence-electron chi connectivity index (χ1n) is 6.40. The van der Waals surface area contributed by atoms with Crippen LogP contribution >= 0.6 is 0 Å². The number of rotatable bonds is 4. The third-order valence-electron chi connectivity index (χ3n) is 3.98. The fourth-order valence-electron chi connectivity index (χ4n) is 2.85. The van der Waals surface area contributed by atoms with E-state index in [2.05, 4.69) is 0 Å². The maximum Gasteiger partial charge on any atom is 0.0699 e. The summed E-state index contributed by atoms with van der Waals surface area (Å²) < 4.78 is 18.0. The average Bonchev–Trinajstić information content (AvgIpc) is 2.89. The fourth-order valence-corrected chi connectivity index (χ4v) is 4.00. The second-order valence-corrected chi connectivity index (χ2v) is 7.16. The van der Waals surface area contributed by atoms with Crippen LogP contribution in [0.5, 0.6) is 0 Å². The van der Waals surface area contributed by atoms with Crippen molar-refractivity contribution in [2.24, 2.45) is 5.73 Å². The largest absolute Gasteiger partial charge is 0.371 e. The van der Waals surface area contributed by atoms with Crippen molar-refractivity contribution >= 4 is 10.8 Å². The maximum atomic E-state index is 11.9. The van der Waals surface area contributed by atoms with E-state index >= 15 is 0 Å². The monoisotopic (exact) mass is 245 g/mol. The van der Waals surface area contributed by atoms with E-state index in [4.69, 9.17) is 10.5 Å². The third kappa shape index (κ3) is 2.66. The van der Waals surface area contributed by atoms with Gasteiger partial charge in [0, 0.05) is 22.6 Å². The molecule has 3 atom stereocenters. The second-order valence-electron chi connectivity index (χ2n) is 5.26. The summed E-state index contributed by atoms with van der Waals surface area (Å²) in [6.45, 7) is 2.46. The molecular formula is C12H23NO2S. The highest BCUT2D eigenvalue weighted by Gasteiger charge is 2.42. The van der Waals surface area contributed by atoms with Crippen molar-refractivity contribution in [1.82, 2.24) is 0 Å². The van der Waals surface area contributed by atoms with E-state index in [9.17, 15) is 4.21 Å². The number of hydrogen-bond donors (Lipinski definition) is 1. The molecule has 1 saturated carbocycles. The average molecular weight is 245 g/mol. The SMILES string of the molecule is CC(CN)S(=O)CC1CCC2(CCCC2)O1. The summed E-state index contributed by atoms with van der Waals surface area (Å²) in [5.74, 6) is 0.681. The molecule has 2 aliphatic rings. The van der Waals surface area contributed by atoms with Crippen LogP contribution in [-0.2, 0) is 15.5 Å². The Bertz CT molecular complexity index is 264. The Labute approximate surface area is 101 Å². The maximum absolute atomic E-state index is 11.9. The first-order chi connectivity index (χ1) is 7.65. The lowest BCUT2D eigenvalue weighted by molar-refractivity contribution is -0.0270. The molecule has 0 aromatic rings. The summed E-state index contributed by atoms with van der Waals surface area (Å²) in [7, 11) is -0.821. The first-order valence-corrected chi connectivity index (χ1v) is 7.78. The third-order valence-corrected chi connectivity index (χ3v) is 5.77. The van der Waals surface area contributed by atoms with Crippen molar-refractivity contribution in [2.75, 3.05) is 12.3 Å². The van der Waals surface area contributed by atoms with Gasteiger partial charge in [-0.1, -0.05) is 12.8 Å². The van der Waals surface area contributed by atoms with E-state index < -0.39 is 10.8 Å². The smallest absolute Gasteiger partial charge is 0.0699 e. The zero-order valence-electron chi connectivity index (χ0n) is 10.1. The highest BCUT2D eigenvalue weighted by molar-refractivity contribution is 7.85. The van der Waals surface area contributed by atoms with Crippen LogP contribution in [0.25, 0.3) is 0 Å². The van der Waals surface area contributed by atoms with E-state index in [1.165, 1.54) is 32.1 Å². The van der Waals surface area contributed by atoms with Crippen molar-refractivity contribution in [3.05, 3.63) is 0 Å². The van der Waals surface area contributed by atoms with Crippen LogP contribution in [0.1, 0.15) is 45.4 Å². The Morgan fingerprint density at radius 3 is 2.75 bits per heavy atom. The molecule has 3 unspecified atom stereocenters. The van der Waals surface area contributed by atoms with Gasteiger partial charge in [0.25, 0.3) is 0 Å². The zero-order valence-corrected chi connectivity index (χ0v) is 10.9. The van der Waals surface area contributed by atoms with E-state index in [1.807, 2.05) is 6.92 Å². The molecule has 2 N–H and O–H groups in total. The van der Waals surface area contributed by atoms with Crippen LogP contribution in [0.4, 0.5) is 0 Å². The van der Waals surface area contributed by atoms with Crippen LogP contribution in [0, 0.1) is 0 Å². The van der Waals surface area contributed by atoms with Gasteiger partial charge in [-0.15, -0.1) is 0 Å². The van der Waals surface area contributed by atoms with Crippen molar-refractivity contribution in [1.29, 1.82) is 0 Å².